The molecule has 2 rings (SSSR count). The Morgan fingerprint density at radius 2 is 2.12 bits per heavy atom. The molecule has 0 bridgehead atoms. The summed E-state index contributed by atoms with van der Waals surface area (Å²) in [6, 6.07) is 11.1. The molecule has 0 aromatic carbocycles. The van der Waals surface area contributed by atoms with Gasteiger partial charge in [0, 0.05) is 11.9 Å². The van der Waals surface area contributed by atoms with Crippen LogP contribution in [0.25, 0.3) is 0 Å². The summed E-state index contributed by atoms with van der Waals surface area (Å²) in [6.07, 6.45) is 1.68. The molecule has 0 aliphatic carbocycles. The Hall–Kier alpha value is -2.43. The molecular weight excluding hydrogens is 214 g/mol. The molecule has 0 saturated heterocycles. The van der Waals surface area contributed by atoms with Gasteiger partial charge in [-0.3, -0.25) is 5.43 Å². The average molecular weight is 227 g/mol. The minimum Gasteiger partial charge on any atom is -0.380 e. The van der Waals surface area contributed by atoms with Crippen LogP contribution >= 0.6 is 0 Å². The van der Waals surface area contributed by atoms with Gasteiger partial charge in [-0.05, 0) is 31.2 Å². The van der Waals surface area contributed by atoms with Crippen LogP contribution < -0.4 is 11.2 Å². The van der Waals surface area contributed by atoms with Crippen LogP contribution in [0.1, 0.15) is 11.4 Å². The molecule has 2 heterocycles. The molecule has 0 atom stereocenters. The largest absolute Gasteiger partial charge is 0.380 e. The predicted molar refractivity (Wildman–Crippen MR) is 67.6 cm³/mol. The van der Waals surface area contributed by atoms with Gasteiger partial charge < -0.3 is 5.73 Å². The lowest BCUT2D eigenvalue weighted by atomic mass is 10.3. The second kappa shape index (κ2) is 5.07. The monoisotopic (exact) mass is 227 g/mol. The maximum atomic E-state index is 5.81. The van der Waals surface area contributed by atoms with Gasteiger partial charge in [0.1, 0.15) is 11.5 Å². The Kier molecular flexibility index (Phi) is 3.30. The lowest BCUT2D eigenvalue weighted by molar-refractivity contribution is 1.15. The molecule has 0 spiro atoms. The number of hydrogen-bond donors (Lipinski definition) is 2. The van der Waals surface area contributed by atoms with E-state index in [-0.39, 0.29) is 0 Å². The quantitative estimate of drug-likeness (QED) is 0.473. The van der Waals surface area contributed by atoms with Gasteiger partial charge in [-0.25, -0.2) is 9.97 Å². The molecule has 0 aliphatic rings. The molecule has 0 amide bonds. The molecule has 0 radical (unpaired) electrons. The van der Waals surface area contributed by atoms with Crippen molar-refractivity contribution in [3.63, 3.8) is 0 Å². The van der Waals surface area contributed by atoms with E-state index in [1.54, 1.807) is 12.3 Å². The number of pyridine rings is 2. The van der Waals surface area contributed by atoms with E-state index in [0.29, 0.717) is 17.3 Å². The van der Waals surface area contributed by atoms with E-state index in [4.69, 9.17) is 5.73 Å². The fraction of sp³-hybridized carbons (Fsp3) is 0.0833. The highest BCUT2D eigenvalue weighted by Crippen LogP contribution is 2.01. The van der Waals surface area contributed by atoms with Gasteiger partial charge in [-0.1, -0.05) is 12.1 Å². The van der Waals surface area contributed by atoms with E-state index in [2.05, 4.69) is 20.5 Å². The molecule has 2 aromatic rings. The van der Waals surface area contributed by atoms with Crippen LogP contribution in [0.5, 0.6) is 0 Å². The number of aryl methyl sites for hydroxylation is 1. The van der Waals surface area contributed by atoms with Crippen molar-refractivity contribution >= 4 is 11.7 Å². The van der Waals surface area contributed by atoms with Crippen LogP contribution in [0.2, 0.25) is 0 Å². The molecule has 0 fully saturated rings. The number of aromatic nitrogens is 2. The smallest absolute Gasteiger partial charge is 0.169 e. The summed E-state index contributed by atoms with van der Waals surface area (Å²) in [5.41, 5.74) is 10.1. The van der Waals surface area contributed by atoms with Crippen molar-refractivity contribution in [3.8, 4) is 0 Å². The lowest BCUT2D eigenvalue weighted by Gasteiger charge is -2.02. The molecule has 0 unspecified atom stereocenters. The van der Waals surface area contributed by atoms with Crippen molar-refractivity contribution in [2.75, 3.05) is 5.43 Å². The third-order valence-electron chi connectivity index (χ3n) is 2.11. The maximum absolute atomic E-state index is 5.81. The Labute approximate surface area is 99.4 Å². The molecular formula is C12H13N5. The fourth-order valence-corrected chi connectivity index (χ4v) is 1.29. The van der Waals surface area contributed by atoms with Crippen molar-refractivity contribution in [1.29, 1.82) is 0 Å². The summed E-state index contributed by atoms with van der Waals surface area (Å²) in [6.45, 7) is 1.91. The molecule has 86 valence electrons. The first kappa shape index (κ1) is 11.1. The predicted octanol–water partition coefficient (Wildman–Crippen LogP) is 1.52. The third kappa shape index (κ3) is 3.01. The Balaban J connectivity index is 2.12. The van der Waals surface area contributed by atoms with Gasteiger partial charge in [-0.15, -0.1) is 0 Å². The number of rotatable bonds is 3. The summed E-state index contributed by atoms with van der Waals surface area (Å²) in [7, 11) is 0. The second-order valence-electron chi connectivity index (χ2n) is 3.49. The second-order valence-corrected chi connectivity index (χ2v) is 3.49. The van der Waals surface area contributed by atoms with Crippen molar-refractivity contribution in [1.82, 2.24) is 9.97 Å². The van der Waals surface area contributed by atoms with Gasteiger partial charge in [-0.2, -0.15) is 5.10 Å². The summed E-state index contributed by atoms with van der Waals surface area (Å²) >= 11 is 0. The van der Waals surface area contributed by atoms with Crippen LogP contribution in [0.4, 0.5) is 5.82 Å². The van der Waals surface area contributed by atoms with E-state index < -0.39 is 0 Å². The van der Waals surface area contributed by atoms with Gasteiger partial charge in [0.2, 0.25) is 0 Å². The van der Waals surface area contributed by atoms with Gasteiger partial charge in [0.05, 0.1) is 0 Å². The zero-order valence-electron chi connectivity index (χ0n) is 9.46. The minimum absolute atomic E-state index is 0.333. The number of anilines is 1. The number of nitrogens with zero attached hydrogens (tertiary/aromatic N) is 3. The average Bonchev–Trinajstić information content (AvgIpc) is 2.37. The topological polar surface area (TPSA) is 76.2 Å². The summed E-state index contributed by atoms with van der Waals surface area (Å²) in [5, 5.41) is 4.03. The lowest BCUT2D eigenvalue weighted by Crippen LogP contribution is -2.17. The Morgan fingerprint density at radius 3 is 2.82 bits per heavy atom. The first-order chi connectivity index (χ1) is 8.25. The minimum atomic E-state index is 0.333. The Morgan fingerprint density at radius 1 is 1.24 bits per heavy atom. The molecule has 17 heavy (non-hydrogen) atoms. The van der Waals surface area contributed by atoms with Crippen LogP contribution in [0.3, 0.4) is 0 Å². The molecule has 0 saturated carbocycles. The number of nitrogens with two attached hydrogens (primary N) is 1. The molecule has 2 aromatic heterocycles. The number of hydrazone groups is 1. The summed E-state index contributed by atoms with van der Waals surface area (Å²) in [4.78, 5) is 8.34. The first-order valence-electron chi connectivity index (χ1n) is 5.20. The summed E-state index contributed by atoms with van der Waals surface area (Å²) < 4.78 is 0. The number of nitrogens with one attached hydrogen (secondary N) is 1. The normalized spacial score (nSPS) is 11.2. The van der Waals surface area contributed by atoms with Gasteiger partial charge in [0.25, 0.3) is 0 Å². The van der Waals surface area contributed by atoms with Crippen LogP contribution in [0, 0.1) is 6.92 Å². The van der Waals surface area contributed by atoms with Gasteiger partial charge in [0.15, 0.2) is 5.84 Å². The fourth-order valence-electron chi connectivity index (χ4n) is 1.29. The van der Waals surface area contributed by atoms with E-state index in [1.165, 1.54) is 0 Å². The molecule has 5 nitrogen and oxygen atoms in total. The van der Waals surface area contributed by atoms with Crippen LogP contribution in [-0.4, -0.2) is 15.8 Å². The van der Waals surface area contributed by atoms with E-state index in [0.717, 1.165) is 5.69 Å². The van der Waals surface area contributed by atoms with E-state index in [9.17, 15) is 0 Å². The zero-order valence-corrected chi connectivity index (χ0v) is 9.46. The van der Waals surface area contributed by atoms with E-state index >= 15 is 0 Å². The zero-order chi connectivity index (χ0) is 12.1. The van der Waals surface area contributed by atoms with Crippen molar-refractivity contribution in [3.05, 3.63) is 54.0 Å². The third-order valence-corrected chi connectivity index (χ3v) is 2.11. The molecule has 5 heteroatoms. The highest BCUT2D eigenvalue weighted by atomic mass is 15.3. The SMILES string of the molecule is Cc1cccc(C(N)=NNc2ccccn2)n1. The van der Waals surface area contributed by atoms with Crippen LogP contribution in [-0.2, 0) is 0 Å². The highest BCUT2D eigenvalue weighted by Gasteiger charge is 1.99. The standard InChI is InChI=1S/C12H13N5/c1-9-5-4-6-10(15-9)12(13)17-16-11-7-2-3-8-14-11/h2-8H,1H3,(H2,13,17)(H,14,16). The molecule has 0 aliphatic heterocycles. The number of amidine groups is 1. The van der Waals surface area contributed by atoms with Gasteiger partial charge >= 0.3 is 0 Å². The molecule has 3 N–H and O–H groups in total. The van der Waals surface area contributed by atoms with Crippen molar-refractivity contribution in [2.45, 2.75) is 6.92 Å². The summed E-state index contributed by atoms with van der Waals surface area (Å²) in [5.74, 6) is 0.974. The van der Waals surface area contributed by atoms with Crippen LogP contribution in [0.15, 0.2) is 47.7 Å². The Bertz CT molecular complexity index is 521. The highest BCUT2D eigenvalue weighted by molar-refractivity contribution is 5.96. The number of hydrogen-bond acceptors (Lipinski definition) is 4. The maximum Gasteiger partial charge on any atom is 0.169 e. The van der Waals surface area contributed by atoms with Crippen molar-refractivity contribution in [2.24, 2.45) is 10.8 Å². The first-order valence-corrected chi connectivity index (χ1v) is 5.20. The van der Waals surface area contributed by atoms with E-state index in [1.807, 2.05) is 37.3 Å². The van der Waals surface area contributed by atoms with Crippen molar-refractivity contribution < 1.29 is 0 Å².